The topological polar surface area (TPSA) is 121 Å². The molecule has 0 radical (unpaired) electrons. The Morgan fingerprint density at radius 1 is 1.43 bits per heavy atom. The van der Waals surface area contributed by atoms with Gasteiger partial charge in [0.1, 0.15) is 5.52 Å². The average Bonchev–Trinajstić information content (AvgIpc) is 2.48. The van der Waals surface area contributed by atoms with E-state index >= 15 is 0 Å². The van der Waals surface area contributed by atoms with Crippen LogP contribution in [0.25, 0.3) is 11.2 Å². The lowest BCUT2D eigenvalue weighted by atomic mass is 10.6. The highest BCUT2D eigenvalue weighted by atomic mass is 31.2. The van der Waals surface area contributed by atoms with Crippen molar-refractivity contribution >= 4 is 18.9 Å². The molecule has 2 aromatic rings. The number of nitrogens with one attached hydrogen (secondary N) is 1. The molecule has 3 N–H and O–H groups in total. The minimum atomic E-state index is -4.71. The molecule has 0 amide bonds. The summed E-state index contributed by atoms with van der Waals surface area (Å²) in [4.78, 5) is 38.3. The highest BCUT2D eigenvalue weighted by Crippen LogP contribution is 2.36. The van der Waals surface area contributed by atoms with Gasteiger partial charge in [0, 0.05) is 0 Å². The number of H-pyrrole nitrogens is 1. The molecule has 2 rings (SSSR count). The van der Waals surface area contributed by atoms with E-state index in [9.17, 15) is 9.36 Å². The highest BCUT2D eigenvalue weighted by molar-refractivity contribution is 7.50. The summed E-state index contributed by atoms with van der Waals surface area (Å²) in [5.74, 6) is 0. The number of fused-ring (bicyclic) bond motifs is 1. The van der Waals surface area contributed by atoms with Gasteiger partial charge < -0.3 is 14.8 Å². The Labute approximate surface area is 76.5 Å². The molecule has 0 aliphatic carbocycles. The van der Waals surface area contributed by atoms with Crippen LogP contribution in [0.4, 0.5) is 0 Å². The zero-order valence-corrected chi connectivity index (χ0v) is 7.55. The first kappa shape index (κ1) is 9.07. The van der Waals surface area contributed by atoms with E-state index in [0.29, 0.717) is 0 Å². The van der Waals surface area contributed by atoms with Gasteiger partial charge >= 0.3 is 13.4 Å². The smallest absolute Gasteiger partial charge is 0.342 e. The van der Waals surface area contributed by atoms with Gasteiger partial charge in [0.05, 0.1) is 12.5 Å². The van der Waals surface area contributed by atoms with E-state index in [0.717, 1.165) is 6.20 Å². The van der Waals surface area contributed by atoms with Crippen molar-refractivity contribution in [2.45, 2.75) is 0 Å². The van der Waals surface area contributed by atoms with E-state index < -0.39 is 13.4 Å². The molecule has 74 valence electrons. The molecule has 9 heteroatoms. The monoisotopic (exact) mass is 216 g/mol. The molecule has 0 atom stereocenters. The molecule has 14 heavy (non-hydrogen) atoms. The lowest BCUT2D eigenvalue weighted by Gasteiger charge is -2.05. The van der Waals surface area contributed by atoms with E-state index in [4.69, 9.17) is 9.79 Å². The van der Waals surface area contributed by atoms with Crippen LogP contribution in [0.2, 0.25) is 0 Å². The molecule has 0 saturated heterocycles. The van der Waals surface area contributed by atoms with Crippen LogP contribution in [0.15, 0.2) is 17.3 Å². The van der Waals surface area contributed by atoms with Crippen LogP contribution >= 0.6 is 7.75 Å². The summed E-state index contributed by atoms with van der Waals surface area (Å²) in [7, 11) is -4.71. The first-order chi connectivity index (χ1) is 6.50. The largest absolute Gasteiger partial charge is 0.439 e. The van der Waals surface area contributed by atoms with E-state index in [-0.39, 0.29) is 15.5 Å². The summed E-state index contributed by atoms with van der Waals surface area (Å²) in [6.45, 7) is 0. The Morgan fingerprint density at radius 3 is 2.79 bits per heavy atom. The number of imidazole rings is 1. The molecule has 0 aliphatic rings. The standard InChI is InChI=1S/C5H5N4O4P/c10-5-6-1-3-4(8-2-7-3)9(5)14(11,12)13/h1-2H,(H,7,8)(H2,11,12,13). The Bertz CT molecular complexity index is 581. The number of hydrogen-bond donors (Lipinski definition) is 3. The molecule has 0 aliphatic heterocycles. The molecule has 8 nitrogen and oxygen atoms in total. The van der Waals surface area contributed by atoms with Crippen LogP contribution in [-0.2, 0) is 4.57 Å². The summed E-state index contributed by atoms with van der Waals surface area (Å²) >= 11 is 0. The molecule has 0 aromatic carbocycles. The molecule has 0 fully saturated rings. The van der Waals surface area contributed by atoms with Gasteiger partial charge in [0.2, 0.25) is 0 Å². The SMILES string of the molecule is O=c1ncc2[nH]cnc2n1P(=O)(O)O. The van der Waals surface area contributed by atoms with Gasteiger partial charge in [-0.2, -0.15) is 9.32 Å². The van der Waals surface area contributed by atoms with Crippen LogP contribution < -0.4 is 5.69 Å². The second-order valence-corrected chi connectivity index (χ2v) is 3.93. The average molecular weight is 216 g/mol. The van der Waals surface area contributed by atoms with Crippen molar-refractivity contribution in [2.24, 2.45) is 0 Å². The Balaban J connectivity index is 2.98. The normalized spacial score (nSPS) is 12.1. The lowest BCUT2D eigenvalue weighted by molar-refractivity contribution is 0.360. The van der Waals surface area contributed by atoms with Crippen LogP contribution in [0, 0.1) is 0 Å². The van der Waals surface area contributed by atoms with Crippen molar-refractivity contribution in [3.8, 4) is 0 Å². The third-order valence-electron chi connectivity index (χ3n) is 1.59. The van der Waals surface area contributed by atoms with E-state index in [1.807, 2.05) is 0 Å². The lowest BCUT2D eigenvalue weighted by Crippen LogP contribution is -2.21. The van der Waals surface area contributed by atoms with E-state index in [2.05, 4.69) is 15.0 Å². The van der Waals surface area contributed by atoms with E-state index in [1.54, 1.807) is 0 Å². The van der Waals surface area contributed by atoms with Crippen molar-refractivity contribution < 1.29 is 14.4 Å². The second kappa shape index (κ2) is 2.74. The maximum atomic E-state index is 11.1. The second-order valence-electron chi connectivity index (χ2n) is 2.51. The number of aromatic nitrogens is 4. The van der Waals surface area contributed by atoms with Crippen LogP contribution in [0.3, 0.4) is 0 Å². The first-order valence-electron chi connectivity index (χ1n) is 3.47. The molecular formula is C5H5N4O4P. The van der Waals surface area contributed by atoms with Crippen molar-refractivity contribution in [3.05, 3.63) is 23.0 Å². The van der Waals surface area contributed by atoms with Gasteiger partial charge in [0.25, 0.3) is 0 Å². The fraction of sp³-hybridized carbons (Fsp3) is 0. The number of rotatable bonds is 1. The Morgan fingerprint density at radius 2 is 2.14 bits per heavy atom. The van der Waals surface area contributed by atoms with Crippen molar-refractivity contribution in [1.82, 2.24) is 19.3 Å². The first-order valence-corrected chi connectivity index (χ1v) is 5.04. The van der Waals surface area contributed by atoms with Crippen LogP contribution in [0.1, 0.15) is 0 Å². The molecule has 2 aromatic heterocycles. The van der Waals surface area contributed by atoms with Crippen molar-refractivity contribution in [3.63, 3.8) is 0 Å². The van der Waals surface area contributed by atoms with E-state index in [1.165, 1.54) is 6.33 Å². The van der Waals surface area contributed by atoms with Crippen molar-refractivity contribution in [1.29, 1.82) is 0 Å². The van der Waals surface area contributed by atoms with Gasteiger partial charge in [-0.3, -0.25) is 0 Å². The van der Waals surface area contributed by atoms with Gasteiger partial charge in [-0.15, -0.1) is 0 Å². The fourth-order valence-electron chi connectivity index (χ4n) is 1.06. The fourth-order valence-corrected chi connectivity index (χ4v) is 1.74. The summed E-state index contributed by atoms with van der Waals surface area (Å²) in [5, 5.41) is 0. The molecule has 0 spiro atoms. The molecule has 0 unspecified atom stereocenters. The summed E-state index contributed by atoms with van der Waals surface area (Å²) in [6, 6.07) is 0. The van der Waals surface area contributed by atoms with Gasteiger partial charge in [0.15, 0.2) is 5.65 Å². The van der Waals surface area contributed by atoms with Gasteiger partial charge in [-0.25, -0.2) is 14.3 Å². The zero-order valence-electron chi connectivity index (χ0n) is 6.65. The summed E-state index contributed by atoms with van der Waals surface area (Å²) in [6.07, 6.45) is 2.38. The third kappa shape index (κ3) is 1.25. The summed E-state index contributed by atoms with van der Waals surface area (Å²) < 4.78 is 11.2. The van der Waals surface area contributed by atoms with Gasteiger partial charge in [-0.05, 0) is 0 Å². The summed E-state index contributed by atoms with van der Waals surface area (Å²) in [5.41, 5.74) is -0.857. The molecule has 0 bridgehead atoms. The number of aromatic amines is 1. The Kier molecular flexibility index (Phi) is 1.78. The zero-order chi connectivity index (χ0) is 10.3. The van der Waals surface area contributed by atoms with Crippen LogP contribution in [-0.4, -0.2) is 29.1 Å². The van der Waals surface area contributed by atoms with Gasteiger partial charge in [-0.1, -0.05) is 0 Å². The van der Waals surface area contributed by atoms with Crippen molar-refractivity contribution in [2.75, 3.05) is 0 Å². The predicted octanol–water partition coefficient (Wildman–Crippen LogP) is -0.940. The quantitative estimate of drug-likeness (QED) is 0.529. The third-order valence-corrected chi connectivity index (χ3v) is 2.48. The maximum Gasteiger partial charge on any atom is 0.439 e. The molecular weight excluding hydrogens is 211 g/mol. The number of nitrogens with zero attached hydrogens (tertiary/aromatic N) is 3. The molecule has 2 heterocycles. The minimum Gasteiger partial charge on any atom is -0.342 e. The Hall–Kier alpha value is -1.50. The highest BCUT2D eigenvalue weighted by Gasteiger charge is 2.22. The minimum absolute atomic E-state index is 0.113. The maximum absolute atomic E-state index is 11.1. The van der Waals surface area contributed by atoms with Crippen LogP contribution in [0.5, 0.6) is 0 Å². The number of hydrogen-bond acceptors (Lipinski definition) is 4. The predicted molar refractivity (Wildman–Crippen MR) is 45.6 cm³/mol. The molecule has 0 saturated carbocycles.